The molecule has 0 N–H and O–H groups in total. The van der Waals surface area contributed by atoms with Gasteiger partial charge in [0.2, 0.25) is 0 Å². The van der Waals surface area contributed by atoms with Gasteiger partial charge in [0.25, 0.3) is 0 Å². The fourth-order valence-electron chi connectivity index (χ4n) is 0.196. The van der Waals surface area contributed by atoms with E-state index in [9.17, 15) is 20.4 Å². The van der Waals surface area contributed by atoms with Crippen LogP contribution in [-0.4, -0.2) is 24.4 Å². The van der Waals surface area contributed by atoms with E-state index in [4.69, 9.17) is 0 Å². The fourth-order valence-corrected chi connectivity index (χ4v) is 0.589. The summed E-state index contributed by atoms with van der Waals surface area (Å²) in [6.45, 7) is 12.9. The molecule has 1 aromatic rings. The van der Waals surface area contributed by atoms with Gasteiger partial charge in [0, 0.05) is 0 Å². The summed E-state index contributed by atoms with van der Waals surface area (Å²) in [6, 6.07) is 3.86. The molecule has 0 bridgehead atoms. The van der Waals surface area contributed by atoms with E-state index in [0.29, 0.717) is 0 Å². The van der Waals surface area contributed by atoms with Gasteiger partial charge in [-0.15, -0.1) is 29.8 Å². The predicted octanol–water partition coefficient (Wildman–Crippen LogP) is -2.43. The first-order chi connectivity index (χ1) is 9.43. The molecule has 0 aliphatic rings. The Morgan fingerprint density at radius 1 is 0.696 bits per heavy atom. The first kappa shape index (κ1) is 39.1. The summed E-state index contributed by atoms with van der Waals surface area (Å²) < 4.78 is 0. The molecule has 0 aliphatic carbocycles. The van der Waals surface area contributed by atoms with Crippen LogP contribution in [0.3, 0.4) is 0 Å². The molecule has 130 valence electrons. The van der Waals surface area contributed by atoms with Gasteiger partial charge in [0.1, 0.15) is 0 Å². The minimum atomic E-state index is -0.417. The Labute approximate surface area is 174 Å². The molecule has 0 saturated heterocycles. The largest absolute Gasteiger partial charge is 4.00 e. The minimum absolute atomic E-state index is 0. The second-order valence-electron chi connectivity index (χ2n) is 4.93. The van der Waals surface area contributed by atoms with Crippen molar-refractivity contribution in [3.05, 3.63) is 22.9 Å². The predicted molar refractivity (Wildman–Crippen MR) is 83.7 cm³/mol. The molecular formula is C16H31LiO4STi. The van der Waals surface area contributed by atoms with Crippen LogP contribution in [0.15, 0.2) is 17.5 Å². The van der Waals surface area contributed by atoms with Crippen LogP contribution in [0.2, 0.25) is 0 Å². The molecule has 0 atom stereocenters. The van der Waals surface area contributed by atoms with Gasteiger partial charge in [0.05, 0.1) is 0 Å². The van der Waals surface area contributed by atoms with E-state index >= 15 is 0 Å². The van der Waals surface area contributed by atoms with Crippen LogP contribution in [0.1, 0.15) is 55.4 Å². The summed E-state index contributed by atoms with van der Waals surface area (Å²) in [5.41, 5.74) is 0. The third kappa shape index (κ3) is 290. The van der Waals surface area contributed by atoms with Gasteiger partial charge in [-0.3, -0.25) is 0 Å². The summed E-state index contributed by atoms with van der Waals surface area (Å²) in [7, 11) is 0. The second kappa shape index (κ2) is 34.2. The molecule has 0 radical (unpaired) electrons. The molecule has 1 aromatic heterocycles. The maximum atomic E-state index is 9.53. The molecule has 0 saturated carbocycles. The summed E-state index contributed by atoms with van der Waals surface area (Å²) in [5.74, 6) is 0. The SMILES string of the molecule is CC(C)[O-].CC(C)[O-].CC(C)[O-].CC(C)[O-].[Li+].[Ti+4].[c-]1cccs1. The number of thiophene rings is 1. The van der Waals surface area contributed by atoms with E-state index in [1.165, 1.54) is 0 Å². The Hall–Kier alpha value is 0.852. The first-order valence-electron chi connectivity index (χ1n) is 6.96. The summed E-state index contributed by atoms with van der Waals surface area (Å²) in [6.07, 6.45) is -1.67. The Bertz CT molecular complexity index is 182. The minimum Gasteiger partial charge on any atom is -0.852 e. The fraction of sp³-hybridized carbons (Fsp3) is 0.750. The third-order valence-corrected chi connectivity index (χ3v) is 0.944. The average Bonchev–Trinajstić information content (AvgIpc) is 2.68. The van der Waals surface area contributed by atoms with Crippen molar-refractivity contribution < 1.29 is 61.0 Å². The van der Waals surface area contributed by atoms with Crippen molar-refractivity contribution in [1.29, 1.82) is 0 Å². The molecule has 4 nitrogen and oxygen atoms in total. The van der Waals surface area contributed by atoms with E-state index in [1.807, 2.05) is 17.5 Å². The molecule has 7 heteroatoms. The molecule has 1 heterocycles. The van der Waals surface area contributed by atoms with Crippen molar-refractivity contribution in [2.75, 3.05) is 0 Å². The summed E-state index contributed by atoms with van der Waals surface area (Å²) >= 11 is 1.59. The van der Waals surface area contributed by atoms with Gasteiger partial charge < -0.3 is 31.8 Å². The van der Waals surface area contributed by atoms with Crippen LogP contribution in [-0.2, 0) is 21.7 Å². The molecular weight excluding hydrogens is 343 g/mol. The standard InChI is InChI=1S/C4H3S.4C3H7O.Li.Ti/c1-2-4-5-3-1;4*1-3(2)4;;/h1-3H;4*3H,1-2H3;;/q5*-1;+1;+4. The van der Waals surface area contributed by atoms with Crippen LogP contribution in [0, 0.1) is 5.38 Å². The number of hydrogen-bond acceptors (Lipinski definition) is 5. The maximum Gasteiger partial charge on any atom is 4.00 e. The summed E-state index contributed by atoms with van der Waals surface area (Å²) in [5, 5.41) is 43.0. The van der Waals surface area contributed by atoms with Gasteiger partial charge in [0.15, 0.2) is 0 Å². The van der Waals surface area contributed by atoms with Gasteiger partial charge in [-0.25, -0.2) is 6.07 Å². The molecule has 0 aromatic carbocycles. The molecule has 0 fully saturated rings. The Morgan fingerprint density at radius 2 is 0.913 bits per heavy atom. The zero-order valence-electron chi connectivity index (χ0n) is 16.1. The zero-order valence-corrected chi connectivity index (χ0v) is 18.5. The van der Waals surface area contributed by atoms with E-state index in [-0.39, 0.29) is 40.6 Å². The van der Waals surface area contributed by atoms with Gasteiger partial charge >= 0.3 is 40.6 Å². The Kier molecular flexibility index (Phi) is 58.2. The topological polar surface area (TPSA) is 92.2 Å². The summed E-state index contributed by atoms with van der Waals surface area (Å²) in [4.78, 5) is 0. The van der Waals surface area contributed by atoms with Crippen LogP contribution in [0.4, 0.5) is 0 Å². The monoisotopic (exact) mass is 374 g/mol. The number of rotatable bonds is 0. The van der Waals surface area contributed by atoms with Crippen molar-refractivity contribution in [3.63, 3.8) is 0 Å². The van der Waals surface area contributed by atoms with Crippen molar-refractivity contribution in [3.8, 4) is 0 Å². The second-order valence-corrected chi connectivity index (χ2v) is 5.67. The first-order valence-corrected chi connectivity index (χ1v) is 7.84. The number of hydrogen-bond donors (Lipinski definition) is 0. The van der Waals surface area contributed by atoms with Crippen molar-refractivity contribution >= 4 is 11.3 Å². The van der Waals surface area contributed by atoms with Crippen molar-refractivity contribution in [1.82, 2.24) is 0 Å². The van der Waals surface area contributed by atoms with E-state index in [2.05, 4.69) is 5.38 Å². The van der Waals surface area contributed by atoms with E-state index < -0.39 is 24.4 Å². The molecule has 1 rings (SSSR count). The smallest absolute Gasteiger partial charge is 0.852 e. The maximum absolute atomic E-state index is 9.53. The molecule has 23 heavy (non-hydrogen) atoms. The molecule has 0 amide bonds. The molecule has 0 spiro atoms. The van der Waals surface area contributed by atoms with Crippen LogP contribution < -0.4 is 39.3 Å². The normalized spacial score (nSPS) is 8.00. The molecule has 0 unspecified atom stereocenters. The van der Waals surface area contributed by atoms with Gasteiger partial charge in [-0.05, 0) is 0 Å². The quantitative estimate of drug-likeness (QED) is 0.373. The van der Waals surface area contributed by atoms with Crippen LogP contribution >= 0.6 is 11.3 Å². The van der Waals surface area contributed by atoms with Crippen molar-refractivity contribution in [2.45, 2.75) is 79.8 Å². The zero-order chi connectivity index (χ0) is 17.8. The van der Waals surface area contributed by atoms with E-state index in [1.54, 1.807) is 66.7 Å². The average molecular weight is 374 g/mol. The van der Waals surface area contributed by atoms with Crippen LogP contribution in [0.5, 0.6) is 0 Å². The van der Waals surface area contributed by atoms with E-state index in [0.717, 1.165) is 0 Å². The molecule has 0 aliphatic heterocycles. The Balaban J connectivity index is -0.0000000386. The van der Waals surface area contributed by atoms with Gasteiger partial charge in [-0.1, -0.05) is 55.4 Å². The van der Waals surface area contributed by atoms with Crippen LogP contribution in [0.25, 0.3) is 0 Å². The van der Waals surface area contributed by atoms with Gasteiger partial charge in [-0.2, -0.15) is 11.4 Å². The Morgan fingerprint density at radius 3 is 0.957 bits per heavy atom. The van der Waals surface area contributed by atoms with Crippen molar-refractivity contribution in [2.24, 2.45) is 0 Å². The third-order valence-electron chi connectivity index (χ3n) is 0.379.